The number of piperidine rings is 1. The Hall–Kier alpha value is -0.0800. The van der Waals surface area contributed by atoms with Gasteiger partial charge in [0.25, 0.3) is 0 Å². The van der Waals surface area contributed by atoms with Crippen molar-refractivity contribution in [1.82, 2.24) is 5.32 Å². The van der Waals surface area contributed by atoms with Crippen LogP contribution >= 0.6 is 0 Å². The van der Waals surface area contributed by atoms with Gasteiger partial charge in [-0.1, -0.05) is 0 Å². The largest absolute Gasteiger partial charge is 0.391 e. The van der Waals surface area contributed by atoms with Crippen LogP contribution in [0.1, 0.15) is 12.8 Å². The molecule has 0 aromatic carbocycles. The summed E-state index contributed by atoms with van der Waals surface area (Å²) in [6, 6.07) is 1.18. The van der Waals surface area contributed by atoms with Crippen molar-refractivity contribution in [3.05, 3.63) is 6.04 Å². The molecule has 0 aromatic rings. The highest BCUT2D eigenvalue weighted by molar-refractivity contribution is 5.10. The smallest absolute Gasteiger partial charge is 0.0781 e. The SMILES string of the molecule is OC1[C]2CCC1CN2. The van der Waals surface area contributed by atoms with E-state index in [1.54, 1.807) is 0 Å². The quantitative estimate of drug-likeness (QED) is 0.458. The van der Waals surface area contributed by atoms with Crippen molar-refractivity contribution in [3.8, 4) is 0 Å². The minimum absolute atomic E-state index is 0.102. The molecule has 0 amide bonds. The maximum absolute atomic E-state index is 9.23. The molecule has 2 rings (SSSR count). The van der Waals surface area contributed by atoms with Crippen LogP contribution in [0.4, 0.5) is 0 Å². The van der Waals surface area contributed by atoms with E-state index in [9.17, 15) is 5.11 Å². The Morgan fingerprint density at radius 1 is 1.62 bits per heavy atom. The van der Waals surface area contributed by atoms with Gasteiger partial charge < -0.3 is 10.4 Å². The number of hydrogen-bond donors (Lipinski definition) is 2. The lowest BCUT2D eigenvalue weighted by atomic mass is 10.1. The number of aliphatic hydroxyl groups excluding tert-OH is 1. The average Bonchev–Trinajstić information content (AvgIpc) is 2.29. The standard InChI is InChI=1S/C6H10NO/c8-6-4-1-2-5(6)7-3-4/h4,6-8H,1-3H2. The van der Waals surface area contributed by atoms with Crippen molar-refractivity contribution in [1.29, 1.82) is 0 Å². The maximum atomic E-state index is 9.23. The summed E-state index contributed by atoms with van der Waals surface area (Å²) in [6.45, 7) is 1.01. The summed E-state index contributed by atoms with van der Waals surface area (Å²) in [5.74, 6) is 0.546. The van der Waals surface area contributed by atoms with Gasteiger partial charge in [0, 0.05) is 6.54 Å². The molecule has 2 bridgehead atoms. The Morgan fingerprint density at radius 3 is 2.62 bits per heavy atom. The van der Waals surface area contributed by atoms with E-state index in [4.69, 9.17) is 0 Å². The van der Waals surface area contributed by atoms with Gasteiger partial charge in [-0.25, -0.2) is 0 Å². The van der Waals surface area contributed by atoms with Gasteiger partial charge in [0.05, 0.1) is 12.1 Å². The second kappa shape index (κ2) is 1.45. The molecule has 2 heteroatoms. The lowest BCUT2D eigenvalue weighted by Gasteiger charge is -2.06. The second-order valence-corrected chi connectivity index (χ2v) is 2.65. The van der Waals surface area contributed by atoms with Crippen molar-refractivity contribution >= 4 is 0 Å². The van der Waals surface area contributed by atoms with E-state index in [1.807, 2.05) is 0 Å². The molecule has 2 atom stereocenters. The van der Waals surface area contributed by atoms with Gasteiger partial charge in [0.2, 0.25) is 0 Å². The molecular formula is C6H10NO. The van der Waals surface area contributed by atoms with E-state index in [-0.39, 0.29) is 6.10 Å². The molecule has 2 unspecified atom stereocenters. The fraction of sp³-hybridized carbons (Fsp3) is 0.833. The summed E-state index contributed by atoms with van der Waals surface area (Å²) in [7, 11) is 0. The van der Waals surface area contributed by atoms with Crippen molar-refractivity contribution in [2.45, 2.75) is 18.9 Å². The third-order valence-electron chi connectivity index (χ3n) is 2.18. The van der Waals surface area contributed by atoms with E-state index in [0.29, 0.717) is 5.92 Å². The summed E-state index contributed by atoms with van der Waals surface area (Å²) < 4.78 is 0. The van der Waals surface area contributed by atoms with Crippen LogP contribution in [0.15, 0.2) is 0 Å². The zero-order valence-corrected chi connectivity index (χ0v) is 4.72. The molecule has 2 fully saturated rings. The molecule has 1 saturated carbocycles. The van der Waals surface area contributed by atoms with E-state index < -0.39 is 0 Å². The van der Waals surface area contributed by atoms with Gasteiger partial charge in [-0.15, -0.1) is 0 Å². The number of fused-ring (bicyclic) bond motifs is 2. The Bertz CT molecular complexity index is 84.7. The predicted octanol–water partition coefficient (Wildman–Crippen LogP) is -0.108. The van der Waals surface area contributed by atoms with Crippen LogP contribution in [-0.4, -0.2) is 17.8 Å². The van der Waals surface area contributed by atoms with Crippen LogP contribution in [0.25, 0.3) is 0 Å². The lowest BCUT2D eigenvalue weighted by Crippen LogP contribution is -2.18. The Kier molecular flexibility index (Phi) is 0.866. The topological polar surface area (TPSA) is 32.3 Å². The van der Waals surface area contributed by atoms with Crippen LogP contribution in [-0.2, 0) is 0 Å². The van der Waals surface area contributed by atoms with Gasteiger partial charge in [-0.2, -0.15) is 0 Å². The molecule has 0 spiro atoms. The van der Waals surface area contributed by atoms with Crippen LogP contribution in [0.3, 0.4) is 0 Å². The molecule has 1 aliphatic heterocycles. The summed E-state index contributed by atoms with van der Waals surface area (Å²) in [4.78, 5) is 0. The molecule has 1 aliphatic carbocycles. The van der Waals surface area contributed by atoms with Crippen molar-refractivity contribution in [2.24, 2.45) is 5.92 Å². The first-order chi connectivity index (χ1) is 3.88. The van der Waals surface area contributed by atoms with Gasteiger partial charge in [0.15, 0.2) is 0 Å². The van der Waals surface area contributed by atoms with Crippen LogP contribution in [0.5, 0.6) is 0 Å². The lowest BCUT2D eigenvalue weighted by molar-refractivity contribution is 0.173. The number of aliphatic hydroxyl groups is 1. The molecule has 2 nitrogen and oxygen atoms in total. The molecule has 45 valence electrons. The summed E-state index contributed by atoms with van der Waals surface area (Å²) in [6.07, 6.45) is 2.20. The Morgan fingerprint density at radius 2 is 2.50 bits per heavy atom. The fourth-order valence-electron chi connectivity index (χ4n) is 1.60. The monoisotopic (exact) mass is 112 g/mol. The van der Waals surface area contributed by atoms with Gasteiger partial charge in [-0.3, -0.25) is 0 Å². The highest BCUT2D eigenvalue weighted by Crippen LogP contribution is 2.35. The van der Waals surface area contributed by atoms with Crippen LogP contribution in [0.2, 0.25) is 0 Å². The zero-order valence-electron chi connectivity index (χ0n) is 4.72. The molecule has 8 heavy (non-hydrogen) atoms. The first-order valence-electron chi connectivity index (χ1n) is 3.15. The number of nitrogens with one attached hydrogen (secondary N) is 1. The maximum Gasteiger partial charge on any atom is 0.0781 e. The molecule has 1 radical (unpaired) electrons. The first-order valence-corrected chi connectivity index (χ1v) is 3.15. The van der Waals surface area contributed by atoms with Crippen molar-refractivity contribution in [3.63, 3.8) is 0 Å². The Labute approximate surface area is 48.9 Å². The van der Waals surface area contributed by atoms with Gasteiger partial charge in [0.1, 0.15) is 0 Å². The molecular weight excluding hydrogens is 102 g/mol. The Balaban J connectivity index is 2.16. The normalized spacial score (nSPS) is 46.1. The first kappa shape index (κ1) is 4.77. The van der Waals surface area contributed by atoms with E-state index in [2.05, 4.69) is 5.32 Å². The third-order valence-corrected chi connectivity index (χ3v) is 2.18. The zero-order chi connectivity index (χ0) is 5.56. The number of hydrogen-bond acceptors (Lipinski definition) is 2. The fourth-order valence-corrected chi connectivity index (χ4v) is 1.60. The van der Waals surface area contributed by atoms with E-state index in [0.717, 1.165) is 13.0 Å². The minimum atomic E-state index is -0.102. The molecule has 1 heterocycles. The third kappa shape index (κ3) is 0.446. The highest BCUT2D eigenvalue weighted by Gasteiger charge is 2.40. The van der Waals surface area contributed by atoms with Gasteiger partial charge >= 0.3 is 0 Å². The van der Waals surface area contributed by atoms with Crippen LogP contribution < -0.4 is 5.32 Å². The van der Waals surface area contributed by atoms with Gasteiger partial charge in [-0.05, 0) is 18.8 Å². The summed E-state index contributed by atoms with van der Waals surface area (Å²) in [5.41, 5.74) is 0. The molecule has 0 aromatic heterocycles. The highest BCUT2D eigenvalue weighted by atomic mass is 16.3. The molecule has 2 N–H and O–H groups in total. The summed E-state index contributed by atoms with van der Waals surface area (Å²) in [5, 5.41) is 12.4. The van der Waals surface area contributed by atoms with E-state index in [1.165, 1.54) is 12.5 Å². The second-order valence-electron chi connectivity index (χ2n) is 2.65. The van der Waals surface area contributed by atoms with Crippen LogP contribution in [0, 0.1) is 12.0 Å². The summed E-state index contributed by atoms with van der Waals surface area (Å²) >= 11 is 0. The van der Waals surface area contributed by atoms with Crippen molar-refractivity contribution < 1.29 is 5.11 Å². The number of rotatable bonds is 0. The van der Waals surface area contributed by atoms with E-state index >= 15 is 0 Å². The molecule has 2 aliphatic rings. The molecule has 1 saturated heterocycles. The minimum Gasteiger partial charge on any atom is -0.391 e. The van der Waals surface area contributed by atoms with Crippen molar-refractivity contribution in [2.75, 3.05) is 6.54 Å². The average molecular weight is 112 g/mol. The predicted molar refractivity (Wildman–Crippen MR) is 30.0 cm³/mol.